The average molecular weight is 459 g/mol. The molecule has 172 valence electrons. The van der Waals surface area contributed by atoms with Crippen molar-refractivity contribution in [2.24, 2.45) is 11.7 Å². The molecule has 1 atom stereocenters. The fourth-order valence-electron chi connectivity index (χ4n) is 4.38. The van der Waals surface area contributed by atoms with E-state index in [2.05, 4.69) is 16.3 Å². The second kappa shape index (κ2) is 8.57. The number of hydrogen-bond donors (Lipinski definition) is 2. The van der Waals surface area contributed by atoms with Crippen molar-refractivity contribution in [2.75, 3.05) is 5.32 Å². The number of amides is 2. The lowest BCUT2D eigenvalue weighted by Crippen LogP contribution is -2.29. The standard InChI is InChI=1S/C21H20F3N7O2/c22-21(23,24)20(33)29-14-7-17-18(15(19(26)32)9-28-31(17)11-14)13-8-27-30(10-13)16(5-6-25)12-3-1-2-4-12/h7-12,16H,1-5H2,(H2,26,32)(H,29,33). The summed E-state index contributed by atoms with van der Waals surface area (Å²) >= 11 is 0. The van der Waals surface area contributed by atoms with Crippen molar-refractivity contribution in [3.63, 3.8) is 0 Å². The highest BCUT2D eigenvalue weighted by Gasteiger charge is 2.39. The van der Waals surface area contributed by atoms with Crippen molar-refractivity contribution in [3.8, 4) is 17.2 Å². The number of fused-ring (bicyclic) bond motifs is 1. The number of halogens is 3. The number of nitriles is 1. The van der Waals surface area contributed by atoms with Crippen LogP contribution >= 0.6 is 0 Å². The maximum Gasteiger partial charge on any atom is 0.471 e. The molecule has 9 nitrogen and oxygen atoms in total. The third-order valence-corrected chi connectivity index (χ3v) is 5.89. The summed E-state index contributed by atoms with van der Waals surface area (Å²) in [6.45, 7) is 0. The van der Waals surface area contributed by atoms with Crippen LogP contribution in [0.15, 0.2) is 30.9 Å². The minimum Gasteiger partial charge on any atom is -0.366 e. The molecule has 0 saturated heterocycles. The van der Waals surface area contributed by atoms with Crippen LogP contribution in [0.1, 0.15) is 48.5 Å². The van der Waals surface area contributed by atoms with E-state index < -0.39 is 18.0 Å². The zero-order valence-corrected chi connectivity index (χ0v) is 17.3. The number of carbonyl (C=O) groups is 2. The van der Waals surface area contributed by atoms with Gasteiger partial charge in [-0.05, 0) is 24.8 Å². The highest BCUT2D eigenvalue weighted by molar-refractivity contribution is 6.04. The summed E-state index contributed by atoms with van der Waals surface area (Å²) in [5, 5.41) is 19.5. The molecule has 3 aromatic rings. The van der Waals surface area contributed by atoms with E-state index in [0.717, 1.165) is 25.7 Å². The molecule has 1 unspecified atom stereocenters. The first-order valence-electron chi connectivity index (χ1n) is 10.3. The summed E-state index contributed by atoms with van der Waals surface area (Å²) < 4.78 is 40.9. The Bertz CT molecular complexity index is 1250. The second-order valence-corrected chi connectivity index (χ2v) is 7.99. The topological polar surface area (TPSA) is 131 Å². The predicted octanol–water partition coefficient (Wildman–Crippen LogP) is 3.44. The SMILES string of the molecule is N#CCC(C1CCCC1)n1cc(-c2c(C(N)=O)cnn3cc(NC(=O)C(F)(F)F)cc23)cn1. The van der Waals surface area contributed by atoms with Gasteiger partial charge >= 0.3 is 12.1 Å². The van der Waals surface area contributed by atoms with Crippen molar-refractivity contribution in [3.05, 3.63) is 36.4 Å². The first-order chi connectivity index (χ1) is 15.7. The van der Waals surface area contributed by atoms with E-state index in [-0.39, 0.29) is 29.2 Å². The van der Waals surface area contributed by atoms with E-state index in [1.807, 2.05) is 0 Å². The Labute approximate surface area is 186 Å². The highest BCUT2D eigenvalue weighted by atomic mass is 19.4. The Balaban J connectivity index is 1.77. The number of anilines is 1. The van der Waals surface area contributed by atoms with E-state index in [9.17, 15) is 28.0 Å². The zero-order valence-electron chi connectivity index (χ0n) is 17.3. The Morgan fingerprint density at radius 3 is 2.61 bits per heavy atom. The van der Waals surface area contributed by atoms with Gasteiger partial charge in [-0.2, -0.15) is 28.6 Å². The molecule has 33 heavy (non-hydrogen) atoms. The van der Waals surface area contributed by atoms with Crippen LogP contribution in [0.5, 0.6) is 0 Å². The molecule has 0 spiro atoms. The van der Waals surface area contributed by atoms with Crippen LogP contribution in [0.4, 0.5) is 18.9 Å². The minimum atomic E-state index is -5.06. The number of primary amides is 1. The number of aromatic nitrogens is 4. The maximum atomic E-state index is 12.6. The first kappa shape index (κ1) is 22.3. The van der Waals surface area contributed by atoms with E-state index in [1.165, 1.54) is 29.2 Å². The molecule has 0 bridgehead atoms. The maximum absolute atomic E-state index is 12.6. The number of nitrogens with one attached hydrogen (secondary N) is 1. The minimum absolute atomic E-state index is 0.0477. The van der Waals surface area contributed by atoms with Gasteiger partial charge in [-0.3, -0.25) is 14.3 Å². The summed E-state index contributed by atoms with van der Waals surface area (Å²) in [6, 6.07) is 3.35. The quantitative estimate of drug-likeness (QED) is 0.583. The van der Waals surface area contributed by atoms with Crippen molar-refractivity contribution >= 4 is 23.0 Å². The van der Waals surface area contributed by atoms with E-state index in [1.54, 1.807) is 16.2 Å². The lowest BCUT2D eigenvalue weighted by Gasteiger charge is -2.21. The van der Waals surface area contributed by atoms with Crippen LogP contribution in [0.3, 0.4) is 0 Å². The van der Waals surface area contributed by atoms with Gasteiger partial charge in [-0.25, -0.2) is 4.52 Å². The zero-order chi connectivity index (χ0) is 23.8. The van der Waals surface area contributed by atoms with Crippen molar-refractivity contribution in [1.82, 2.24) is 19.4 Å². The average Bonchev–Trinajstić information content (AvgIpc) is 3.50. The van der Waals surface area contributed by atoms with Gasteiger partial charge in [0.15, 0.2) is 0 Å². The summed E-state index contributed by atoms with van der Waals surface area (Å²) in [5.74, 6) is -2.60. The number of alkyl halides is 3. The molecule has 1 aliphatic carbocycles. The Morgan fingerprint density at radius 1 is 1.24 bits per heavy atom. The summed E-state index contributed by atoms with van der Waals surface area (Å²) in [7, 11) is 0. The Hall–Kier alpha value is -3.88. The van der Waals surface area contributed by atoms with Gasteiger partial charge in [-0.15, -0.1) is 0 Å². The molecule has 0 radical (unpaired) electrons. The van der Waals surface area contributed by atoms with Gasteiger partial charge in [0, 0.05) is 17.3 Å². The predicted molar refractivity (Wildman–Crippen MR) is 111 cm³/mol. The molecule has 1 saturated carbocycles. The van der Waals surface area contributed by atoms with Crippen LogP contribution in [0, 0.1) is 17.2 Å². The normalized spacial score (nSPS) is 15.5. The van der Waals surface area contributed by atoms with Crippen LogP contribution in [-0.2, 0) is 4.79 Å². The monoisotopic (exact) mass is 459 g/mol. The van der Waals surface area contributed by atoms with E-state index >= 15 is 0 Å². The number of nitrogens with two attached hydrogens (primary N) is 1. The number of hydrogen-bond acceptors (Lipinski definition) is 5. The molecule has 1 fully saturated rings. The molecule has 3 heterocycles. The highest BCUT2D eigenvalue weighted by Crippen LogP contribution is 2.37. The largest absolute Gasteiger partial charge is 0.471 e. The van der Waals surface area contributed by atoms with Crippen LogP contribution in [0.25, 0.3) is 16.6 Å². The lowest BCUT2D eigenvalue weighted by molar-refractivity contribution is -0.167. The Morgan fingerprint density at radius 2 is 1.97 bits per heavy atom. The molecule has 1 aliphatic rings. The smallest absolute Gasteiger partial charge is 0.366 e. The molecule has 4 rings (SSSR count). The van der Waals surface area contributed by atoms with Crippen LogP contribution in [0.2, 0.25) is 0 Å². The van der Waals surface area contributed by atoms with Crippen molar-refractivity contribution < 1.29 is 22.8 Å². The van der Waals surface area contributed by atoms with Gasteiger partial charge in [0.1, 0.15) is 0 Å². The van der Waals surface area contributed by atoms with Gasteiger partial charge in [0.2, 0.25) is 0 Å². The summed E-state index contributed by atoms with van der Waals surface area (Å²) in [4.78, 5) is 23.4. The fraction of sp³-hybridized carbons (Fsp3) is 0.381. The van der Waals surface area contributed by atoms with Crippen molar-refractivity contribution in [1.29, 1.82) is 5.26 Å². The van der Waals surface area contributed by atoms with Gasteiger partial charge in [0.25, 0.3) is 5.91 Å². The van der Waals surface area contributed by atoms with E-state index in [0.29, 0.717) is 17.0 Å². The molecule has 3 aromatic heterocycles. The molecule has 12 heteroatoms. The van der Waals surface area contributed by atoms with Crippen LogP contribution in [-0.4, -0.2) is 37.4 Å². The molecule has 0 aromatic carbocycles. The van der Waals surface area contributed by atoms with Gasteiger partial charge in [0.05, 0.1) is 53.9 Å². The number of carbonyl (C=O) groups excluding carboxylic acids is 2. The van der Waals surface area contributed by atoms with Crippen LogP contribution < -0.4 is 11.1 Å². The molecule has 0 aliphatic heterocycles. The van der Waals surface area contributed by atoms with E-state index in [4.69, 9.17) is 5.73 Å². The first-order valence-corrected chi connectivity index (χ1v) is 10.3. The molecular weight excluding hydrogens is 439 g/mol. The number of rotatable bonds is 6. The van der Waals surface area contributed by atoms with Crippen molar-refractivity contribution in [2.45, 2.75) is 44.3 Å². The molecular formula is C21H20F3N7O2. The van der Waals surface area contributed by atoms with Gasteiger partial charge < -0.3 is 11.1 Å². The lowest BCUT2D eigenvalue weighted by atomic mass is 9.96. The fourth-order valence-corrected chi connectivity index (χ4v) is 4.38. The van der Waals surface area contributed by atoms with Gasteiger partial charge in [-0.1, -0.05) is 12.8 Å². The second-order valence-electron chi connectivity index (χ2n) is 7.99. The Kier molecular flexibility index (Phi) is 5.80. The molecule has 2 amide bonds. The molecule has 3 N–H and O–H groups in total. The summed E-state index contributed by atoms with van der Waals surface area (Å²) in [6.07, 6.45) is 5.02. The third-order valence-electron chi connectivity index (χ3n) is 5.89. The third kappa shape index (κ3) is 4.39. The number of nitrogens with zero attached hydrogens (tertiary/aromatic N) is 5. The summed E-state index contributed by atoms with van der Waals surface area (Å²) in [5.41, 5.74) is 6.50.